The molecule has 1 saturated heterocycles. The molecule has 0 radical (unpaired) electrons. The molecule has 11 atom stereocenters. The Bertz CT molecular complexity index is 4450. The number of ketones is 2. The van der Waals surface area contributed by atoms with Crippen molar-refractivity contribution in [2.24, 2.45) is 41.2 Å². The van der Waals surface area contributed by atoms with Crippen LogP contribution in [0.15, 0.2) is 95.6 Å². The van der Waals surface area contributed by atoms with Gasteiger partial charge in [0.15, 0.2) is 17.0 Å². The molecule has 4 aliphatic rings. The van der Waals surface area contributed by atoms with E-state index >= 15 is 4.79 Å². The zero-order chi connectivity index (χ0) is 78.7. The number of aliphatic hydroxyl groups excluding tert-OH is 2. The summed E-state index contributed by atoms with van der Waals surface area (Å²) in [7, 11) is 3.11. The van der Waals surface area contributed by atoms with Gasteiger partial charge in [0.05, 0.1) is 62.0 Å². The molecule has 8 amide bonds. The molecule has 4 aromatic carbocycles. The first kappa shape index (κ1) is 82.0. The van der Waals surface area contributed by atoms with Crippen LogP contribution in [0.5, 0.6) is 11.5 Å². The zero-order valence-corrected chi connectivity index (χ0v) is 63.9. The number of Topliss-reactive ketones (excluding diaryl/α,β-unsaturated/α-hetero) is 2. The Balaban J connectivity index is 0.883. The predicted octanol–water partition coefficient (Wildman–Crippen LogP) is 9.29. The summed E-state index contributed by atoms with van der Waals surface area (Å²) in [5, 5.41) is 46.6. The summed E-state index contributed by atoms with van der Waals surface area (Å²) < 4.78 is 30.8. The molecule has 29 heteroatoms. The number of rotatable bonds is 23. The highest BCUT2D eigenvalue weighted by molar-refractivity contribution is 7.25. The Labute approximate surface area is 630 Å². The number of nitrogens with one attached hydrogen (secondary N) is 4. The number of amides is 8. The lowest BCUT2D eigenvalue weighted by Crippen LogP contribution is -2.46. The van der Waals surface area contributed by atoms with Gasteiger partial charge in [0, 0.05) is 143 Å². The molecule has 108 heavy (non-hydrogen) atoms. The van der Waals surface area contributed by atoms with E-state index in [9.17, 15) is 63.3 Å². The molecule has 0 saturated carbocycles. The van der Waals surface area contributed by atoms with Gasteiger partial charge in [-0.3, -0.25) is 48.1 Å². The Morgan fingerprint density at radius 3 is 2.24 bits per heavy atom. The molecule has 28 nitrogen and oxygen atoms in total. The maximum absolute atomic E-state index is 15.1. The summed E-state index contributed by atoms with van der Waals surface area (Å²) in [6.45, 7) is 17.5. The van der Waals surface area contributed by atoms with Gasteiger partial charge < -0.3 is 75.8 Å². The number of hydrogen-bond acceptors (Lipinski definition) is 22. The number of primary amides is 1. The highest BCUT2D eigenvalue weighted by Gasteiger charge is 2.50. The van der Waals surface area contributed by atoms with Gasteiger partial charge >= 0.3 is 23.9 Å². The third kappa shape index (κ3) is 18.9. The molecule has 1 aromatic heterocycles. The highest BCUT2D eigenvalue weighted by Crippen LogP contribution is 2.50. The van der Waals surface area contributed by atoms with Crippen molar-refractivity contribution in [1.29, 1.82) is 0 Å². The number of phenolic OH excluding ortho intramolecular Hbond substituents is 1. The molecule has 9 rings (SSSR count). The third-order valence-corrected chi connectivity index (χ3v) is 22.1. The van der Waals surface area contributed by atoms with Crippen LogP contribution in [-0.2, 0) is 59.1 Å². The van der Waals surface area contributed by atoms with Crippen LogP contribution in [0.3, 0.4) is 0 Å². The van der Waals surface area contributed by atoms with Gasteiger partial charge in [-0.25, -0.2) is 14.6 Å². The average Bonchev–Trinajstić information content (AvgIpc) is 1.42. The molecular weight excluding hydrogens is 1410 g/mol. The zero-order valence-electron chi connectivity index (χ0n) is 63.1. The summed E-state index contributed by atoms with van der Waals surface area (Å²) in [5.41, 5.74) is 6.91. The van der Waals surface area contributed by atoms with Crippen molar-refractivity contribution < 1.29 is 86.9 Å². The number of unbranched alkanes of at least 4 members (excludes halogenated alkanes) is 2. The van der Waals surface area contributed by atoms with Gasteiger partial charge in [-0.15, -0.1) is 11.3 Å². The van der Waals surface area contributed by atoms with Gasteiger partial charge in [-0.1, -0.05) is 78.3 Å². The monoisotopic (exact) mass is 1510 g/mol. The van der Waals surface area contributed by atoms with Gasteiger partial charge in [0.2, 0.25) is 11.8 Å². The lowest BCUT2D eigenvalue weighted by atomic mass is 9.78. The number of carbonyl (C=O) groups excluding carboxylic acids is 10. The molecule has 5 heterocycles. The summed E-state index contributed by atoms with van der Waals surface area (Å²) in [5.74, 6) is -10.5. The fourth-order valence-electron chi connectivity index (χ4n) is 14.3. The number of ether oxygens (including phenoxy) is 5. The van der Waals surface area contributed by atoms with Crippen molar-refractivity contribution in [3.63, 3.8) is 0 Å². The summed E-state index contributed by atoms with van der Waals surface area (Å²) >= 11 is 1.16. The van der Waals surface area contributed by atoms with Gasteiger partial charge in [-0.2, -0.15) is 0 Å². The fraction of sp³-hybridized carbons (Fsp3) is 0.494. The summed E-state index contributed by atoms with van der Waals surface area (Å²) in [4.78, 5) is 156. The first-order chi connectivity index (χ1) is 51.2. The quantitative estimate of drug-likeness (QED) is 0.00753. The topological polar surface area (TPSA) is 391 Å². The number of aromatic nitrogens is 1. The van der Waals surface area contributed by atoms with Crippen molar-refractivity contribution in [3.8, 4) is 11.5 Å². The van der Waals surface area contributed by atoms with E-state index in [1.165, 1.54) is 58.4 Å². The number of hydrogen-bond donors (Lipinski definition) is 8. The van der Waals surface area contributed by atoms with E-state index in [0.29, 0.717) is 73.1 Å². The number of aliphatic hydroxyl groups is 2. The van der Waals surface area contributed by atoms with Crippen molar-refractivity contribution in [2.75, 3.05) is 55.9 Å². The number of anilines is 3. The largest absolute Gasteiger partial charge is 0.505 e. The molecule has 0 unspecified atom stereocenters. The van der Waals surface area contributed by atoms with E-state index in [-0.39, 0.29) is 124 Å². The number of urea groups is 1. The fourth-order valence-corrected chi connectivity index (χ4v) is 15.4. The molecule has 0 aliphatic carbocycles. The Morgan fingerprint density at radius 1 is 0.889 bits per heavy atom. The minimum atomic E-state index is -2.09. The van der Waals surface area contributed by atoms with Crippen molar-refractivity contribution >= 4 is 119 Å². The SMILES string of the molecule is CO[C@H]1/C=C/O[C@@]2(C)Oc3c(C)c(=O)c4c(O)c(c5sc6cc(N7CCC(N(C)C(=O)OCc8ccc(NC(=O)[C@H](CCCNC(N)=O)CC(=O)[C@@H](NC(=O)CCCCCN9C(=O)C=CC9=O)C(C)C)cc8)CC7)ccc6nc5c4c3C2=O)NC(=O)/C(C)=C\C=C\[C@H](C)[C@H](O)[C@@H](C)[C@@H](O)[C@@H](C)[C@H](OC(C)=O)[C@@H]1C. The standard InChI is InChI=1S/C79H99N9O19S/c1-41(2)64(84-58(91)21-14-13-15-34-88-59(92)28-29-60(88)93)55(90)38-50(20-17-33-81-77(80)101)76(100)82-51-24-22-49(23-25-51)40-104-78(102)86(11)52-30-35-87(36-31-52)53-26-27-54-57(39-53)108-73-65(83-54)61-62-69(96)47(8)72-63(61)74(98)79(10,107-72)105-37-32-56(103-12)44(5)71(106-48(9)89)46(7)68(95)45(6)67(94)42(3)18-16-19-43(4)75(99)85-66(73)70(62)97/h16,18-19,22-29,32,37,39,41-42,44-46,50,52,56,64,67-68,71,94-95,97H,13-15,17,20-21,30-31,33-36,38,40H2,1-12H3,(H,82,100)(H,84,91)(H,85,99)(H3,80,81,101)/b18-16+,37-32+,43-19-/t42-,44+,45+,46+,50+,56-,64-,67-,68+,71+,79-/m0/s1. The minimum absolute atomic E-state index is 0.0235. The van der Waals surface area contributed by atoms with Crippen LogP contribution < -0.4 is 42.1 Å². The molecule has 4 aliphatic heterocycles. The molecule has 9 N–H and O–H groups in total. The molecule has 580 valence electrons. The van der Waals surface area contributed by atoms with Gasteiger partial charge in [0.25, 0.3) is 23.5 Å². The van der Waals surface area contributed by atoms with E-state index in [2.05, 4.69) is 26.2 Å². The number of phenols is 1. The summed E-state index contributed by atoms with van der Waals surface area (Å²) in [6.07, 6.45) is 8.46. The van der Waals surface area contributed by atoms with E-state index in [1.54, 1.807) is 103 Å². The Hall–Kier alpha value is -10.1. The minimum Gasteiger partial charge on any atom is -0.505 e. The number of methoxy groups -OCH3 is 1. The maximum atomic E-state index is 15.1. The number of aromatic hydroxyl groups is 1. The smallest absolute Gasteiger partial charge is 0.410 e. The molecule has 4 bridgehead atoms. The normalized spacial score (nSPS) is 23.9. The number of nitrogens with two attached hydrogens (primary N) is 1. The van der Waals surface area contributed by atoms with Crippen LogP contribution in [0.4, 0.5) is 26.7 Å². The van der Waals surface area contributed by atoms with E-state index in [4.69, 9.17) is 34.4 Å². The first-order valence-electron chi connectivity index (χ1n) is 36.6. The number of carbonyl (C=O) groups is 10. The van der Waals surface area contributed by atoms with Crippen LogP contribution in [0.1, 0.15) is 142 Å². The van der Waals surface area contributed by atoms with Crippen LogP contribution in [0, 0.1) is 42.4 Å². The number of allylic oxidation sites excluding steroid dienone is 2. The third-order valence-electron chi connectivity index (χ3n) is 20.9. The van der Waals surface area contributed by atoms with Crippen molar-refractivity contribution in [2.45, 2.75) is 176 Å². The second-order valence-electron chi connectivity index (χ2n) is 29.0. The van der Waals surface area contributed by atoms with Crippen LogP contribution in [0.25, 0.3) is 31.2 Å². The lowest BCUT2D eigenvalue weighted by Gasteiger charge is -2.38. The number of benzene rings is 4. The number of esters is 1. The maximum Gasteiger partial charge on any atom is 0.410 e. The van der Waals surface area contributed by atoms with E-state index in [1.807, 2.05) is 12.1 Å². The Kier molecular flexibility index (Phi) is 27.1. The number of nitrogens with zero attached hydrogens (tertiary/aromatic N) is 4. The van der Waals surface area contributed by atoms with E-state index in [0.717, 1.165) is 21.9 Å². The van der Waals surface area contributed by atoms with Gasteiger partial charge in [-0.05, 0) is 100 Å². The first-order valence-corrected chi connectivity index (χ1v) is 37.4. The van der Waals surface area contributed by atoms with Crippen LogP contribution >= 0.6 is 11.3 Å². The average molecular weight is 1510 g/mol. The highest BCUT2D eigenvalue weighted by atomic mass is 32.1. The Morgan fingerprint density at radius 2 is 1.58 bits per heavy atom. The second-order valence-corrected chi connectivity index (χ2v) is 30.1. The lowest BCUT2D eigenvalue weighted by molar-refractivity contribution is -0.160. The van der Waals surface area contributed by atoms with Crippen molar-refractivity contribution in [3.05, 3.63) is 118 Å². The van der Waals surface area contributed by atoms with Crippen molar-refractivity contribution in [1.82, 2.24) is 25.4 Å². The van der Waals surface area contributed by atoms with E-state index < -0.39 is 113 Å². The number of piperidine rings is 1. The molecule has 1 fully saturated rings. The molecule has 5 aromatic rings. The predicted molar refractivity (Wildman–Crippen MR) is 407 cm³/mol. The number of fused-ring (bicyclic) bond motifs is 2. The van der Waals surface area contributed by atoms with Crippen LogP contribution in [0.2, 0.25) is 0 Å². The summed E-state index contributed by atoms with van der Waals surface area (Å²) in [6, 6.07) is 10.5. The van der Waals surface area contributed by atoms with Gasteiger partial charge in [0.1, 0.15) is 24.1 Å². The van der Waals surface area contributed by atoms with Crippen LogP contribution in [-0.4, -0.2) is 172 Å². The molecular formula is C79H99N9O19S. The molecule has 0 spiro atoms. The number of imide groups is 1. The second kappa shape index (κ2) is 35.7.